The molecule has 5 N–H and O–H groups in total. The van der Waals surface area contributed by atoms with Crippen LogP contribution < -0.4 is 4.74 Å². The zero-order chi connectivity index (χ0) is 26.7. The van der Waals surface area contributed by atoms with Gasteiger partial charge in [-0.1, -0.05) is 18.2 Å². The molecule has 0 spiro atoms. The van der Waals surface area contributed by atoms with Gasteiger partial charge in [-0.3, -0.25) is 4.79 Å². The zero-order valence-corrected chi connectivity index (χ0v) is 20.5. The number of hydrogen-bond donors (Lipinski definition) is 5. The Labute approximate surface area is 214 Å². The second-order valence-corrected chi connectivity index (χ2v) is 9.59. The fraction of sp³-hybridized carbons (Fsp3) is 0.481. The van der Waals surface area contributed by atoms with E-state index in [1.807, 2.05) is 29.2 Å². The molecule has 0 radical (unpaired) electrons. The van der Waals surface area contributed by atoms with E-state index in [2.05, 4.69) is 6.07 Å². The molecule has 37 heavy (non-hydrogen) atoms. The Morgan fingerprint density at radius 2 is 1.81 bits per heavy atom. The molecule has 198 valence electrons. The average Bonchev–Trinajstić information content (AvgIpc) is 2.91. The lowest BCUT2D eigenvalue weighted by atomic mass is 9.86. The number of piperidine rings is 1. The summed E-state index contributed by atoms with van der Waals surface area (Å²) in [5.74, 6) is -1.62. The number of carbonyl (C=O) groups is 1. The van der Waals surface area contributed by atoms with Gasteiger partial charge in [0.1, 0.15) is 36.3 Å². The Bertz CT molecular complexity index is 1140. The summed E-state index contributed by atoms with van der Waals surface area (Å²) in [6, 6.07) is 13.9. The number of aliphatic hydroxyl groups excluding tert-OH is 4. The fourth-order valence-corrected chi connectivity index (χ4v) is 4.85. The minimum atomic E-state index is -2.40. The number of nitrogens with zero attached hydrogens (tertiary/aromatic N) is 2. The van der Waals surface area contributed by atoms with E-state index in [1.54, 1.807) is 6.92 Å². The molecule has 2 aromatic carbocycles. The van der Waals surface area contributed by atoms with Crippen molar-refractivity contribution < 1.29 is 39.8 Å². The maximum Gasteiger partial charge on any atom is 0.222 e. The van der Waals surface area contributed by atoms with Gasteiger partial charge in [0, 0.05) is 38.4 Å². The largest absolute Gasteiger partial charge is 0.490 e. The van der Waals surface area contributed by atoms with Crippen LogP contribution in [0.3, 0.4) is 0 Å². The molecule has 2 aliphatic rings. The van der Waals surface area contributed by atoms with Gasteiger partial charge in [0.15, 0.2) is 0 Å². The van der Waals surface area contributed by atoms with Crippen molar-refractivity contribution in [2.45, 2.75) is 62.5 Å². The van der Waals surface area contributed by atoms with Crippen LogP contribution >= 0.6 is 0 Å². The van der Waals surface area contributed by atoms with Crippen LogP contribution in [0.1, 0.15) is 42.0 Å². The van der Waals surface area contributed by atoms with Crippen LogP contribution in [-0.2, 0) is 21.7 Å². The number of amides is 1. The van der Waals surface area contributed by atoms with Gasteiger partial charge in [-0.15, -0.1) is 0 Å². The molecule has 0 bridgehead atoms. The van der Waals surface area contributed by atoms with Gasteiger partial charge in [0.25, 0.3) is 0 Å². The van der Waals surface area contributed by atoms with Gasteiger partial charge >= 0.3 is 0 Å². The number of carbonyl (C=O) groups excluding carboxylic acids is 1. The van der Waals surface area contributed by atoms with Crippen molar-refractivity contribution in [2.24, 2.45) is 0 Å². The van der Waals surface area contributed by atoms with Gasteiger partial charge in [-0.2, -0.15) is 5.26 Å². The molecule has 5 atom stereocenters. The first-order valence-electron chi connectivity index (χ1n) is 12.3. The zero-order valence-electron chi connectivity index (χ0n) is 20.5. The number of likely N-dealkylation sites (tertiary alicyclic amines) is 1. The van der Waals surface area contributed by atoms with Crippen LogP contribution in [0, 0.1) is 11.3 Å². The third kappa shape index (κ3) is 5.62. The van der Waals surface area contributed by atoms with E-state index < -0.39 is 36.8 Å². The first-order chi connectivity index (χ1) is 17.7. The predicted molar refractivity (Wildman–Crippen MR) is 130 cm³/mol. The summed E-state index contributed by atoms with van der Waals surface area (Å²) in [6.45, 7) is 2.23. The van der Waals surface area contributed by atoms with E-state index in [0.717, 1.165) is 18.4 Å². The highest BCUT2D eigenvalue weighted by atomic mass is 16.7. The highest BCUT2D eigenvalue weighted by Gasteiger charge is 2.53. The second kappa shape index (κ2) is 11.1. The van der Waals surface area contributed by atoms with Crippen LogP contribution in [0.15, 0.2) is 42.5 Å². The second-order valence-electron chi connectivity index (χ2n) is 9.59. The van der Waals surface area contributed by atoms with Gasteiger partial charge in [0.05, 0.1) is 18.2 Å². The fourth-order valence-electron chi connectivity index (χ4n) is 4.85. The van der Waals surface area contributed by atoms with E-state index in [4.69, 9.17) is 9.47 Å². The summed E-state index contributed by atoms with van der Waals surface area (Å²) in [4.78, 5) is 13.3. The SMILES string of the molecule is CC(=O)N1CCC(Oc2ccc(Cc3cc([C@@]4(O)O[C@H](CO)[C@@H](O)[C@H](O)[C@H]4O)ccc3C#N)cc2)CC1. The predicted octanol–water partition coefficient (Wildman–Crippen LogP) is 0.158. The third-order valence-corrected chi connectivity index (χ3v) is 7.11. The molecule has 2 aromatic rings. The number of nitriles is 1. The van der Waals surface area contributed by atoms with Gasteiger partial charge in [-0.25, -0.2) is 0 Å². The molecular formula is C27H32N2O8. The molecule has 1 amide bonds. The summed E-state index contributed by atoms with van der Waals surface area (Å²) in [5.41, 5.74) is 1.86. The Kier molecular flexibility index (Phi) is 8.14. The van der Waals surface area contributed by atoms with Crippen LogP contribution in [0.4, 0.5) is 0 Å². The van der Waals surface area contributed by atoms with E-state index in [1.165, 1.54) is 18.2 Å². The van der Waals surface area contributed by atoms with Crippen LogP contribution in [0.25, 0.3) is 0 Å². The van der Waals surface area contributed by atoms with Gasteiger partial charge in [0.2, 0.25) is 11.7 Å². The minimum Gasteiger partial charge on any atom is -0.490 e. The molecule has 0 saturated carbocycles. The van der Waals surface area contributed by atoms with Crippen molar-refractivity contribution in [2.75, 3.05) is 19.7 Å². The maximum absolute atomic E-state index is 11.5. The molecule has 2 saturated heterocycles. The normalized spacial score (nSPS) is 28.5. The monoisotopic (exact) mass is 512 g/mol. The number of benzene rings is 2. The Balaban J connectivity index is 1.49. The van der Waals surface area contributed by atoms with Crippen LogP contribution in [0.5, 0.6) is 5.75 Å². The number of hydrogen-bond acceptors (Lipinski definition) is 9. The van der Waals surface area contributed by atoms with E-state index in [9.17, 15) is 35.6 Å². The van der Waals surface area contributed by atoms with Crippen molar-refractivity contribution in [3.63, 3.8) is 0 Å². The first-order valence-corrected chi connectivity index (χ1v) is 12.3. The minimum absolute atomic E-state index is 0.0302. The van der Waals surface area contributed by atoms with Crippen molar-refractivity contribution in [1.82, 2.24) is 4.90 Å². The molecule has 10 heteroatoms. The summed E-state index contributed by atoms with van der Waals surface area (Å²) in [5, 5.41) is 60.9. The Morgan fingerprint density at radius 3 is 2.41 bits per heavy atom. The lowest BCUT2D eigenvalue weighted by molar-refractivity contribution is -0.357. The quantitative estimate of drug-likeness (QED) is 0.363. The molecular weight excluding hydrogens is 480 g/mol. The van der Waals surface area contributed by atoms with E-state index in [-0.39, 0.29) is 17.6 Å². The molecule has 2 aliphatic heterocycles. The van der Waals surface area contributed by atoms with Gasteiger partial charge < -0.3 is 39.9 Å². The maximum atomic E-state index is 11.5. The molecule has 0 unspecified atom stereocenters. The molecule has 2 fully saturated rings. The lowest BCUT2D eigenvalue weighted by Crippen LogP contribution is -2.63. The Morgan fingerprint density at radius 1 is 1.14 bits per heavy atom. The number of ether oxygens (including phenoxy) is 2. The highest BCUT2D eigenvalue weighted by Crippen LogP contribution is 2.37. The highest BCUT2D eigenvalue weighted by molar-refractivity contribution is 5.73. The van der Waals surface area contributed by atoms with Crippen LogP contribution in [-0.4, -0.2) is 86.6 Å². The van der Waals surface area contributed by atoms with Crippen molar-refractivity contribution >= 4 is 5.91 Å². The van der Waals surface area contributed by atoms with Crippen molar-refractivity contribution in [3.05, 3.63) is 64.7 Å². The molecule has 0 aromatic heterocycles. The average molecular weight is 513 g/mol. The van der Waals surface area contributed by atoms with Gasteiger partial charge in [-0.05, 0) is 41.8 Å². The molecule has 0 aliphatic carbocycles. The molecule has 4 rings (SSSR count). The summed E-state index contributed by atoms with van der Waals surface area (Å²) in [7, 11) is 0. The lowest BCUT2D eigenvalue weighted by Gasteiger charge is -2.45. The summed E-state index contributed by atoms with van der Waals surface area (Å²) < 4.78 is 11.5. The number of aliphatic hydroxyl groups is 5. The van der Waals surface area contributed by atoms with Crippen molar-refractivity contribution in [3.8, 4) is 11.8 Å². The topological polar surface area (TPSA) is 164 Å². The third-order valence-electron chi connectivity index (χ3n) is 7.11. The first kappa shape index (κ1) is 27.0. The van der Waals surface area contributed by atoms with Crippen molar-refractivity contribution in [1.29, 1.82) is 5.26 Å². The van der Waals surface area contributed by atoms with E-state index in [0.29, 0.717) is 36.4 Å². The van der Waals surface area contributed by atoms with E-state index >= 15 is 0 Å². The summed E-state index contributed by atoms with van der Waals surface area (Å²) >= 11 is 0. The Hall–Kier alpha value is -3.04. The molecule has 2 heterocycles. The van der Waals surface area contributed by atoms with Crippen LogP contribution in [0.2, 0.25) is 0 Å². The smallest absolute Gasteiger partial charge is 0.222 e. The standard InChI is InChI=1S/C27H32N2O8/c1-16(31)29-10-8-22(9-11-29)36-21-6-2-17(3-7-21)12-19-13-20(5-4-18(19)14-28)27(35)26(34)25(33)24(32)23(15-30)37-27/h2-7,13,22-26,30,32-35H,8-12,15H2,1H3/t23-,24-,25+,26-,27-/m1/s1. The summed E-state index contributed by atoms with van der Waals surface area (Å²) in [6.07, 6.45) is -4.65. The molecule has 10 nitrogen and oxygen atoms in total. The number of rotatable bonds is 6.